The van der Waals surface area contributed by atoms with E-state index < -0.39 is 12.1 Å². The molecule has 0 saturated carbocycles. The quantitative estimate of drug-likeness (QED) is 0.606. The lowest BCUT2D eigenvalue weighted by Crippen LogP contribution is -2.50. The Morgan fingerprint density at radius 3 is 2.44 bits per heavy atom. The van der Waals surface area contributed by atoms with Gasteiger partial charge in [0, 0.05) is 25.5 Å². The first-order valence-corrected chi connectivity index (χ1v) is 11.1. The van der Waals surface area contributed by atoms with Crippen LogP contribution in [0.15, 0.2) is 60.2 Å². The zero-order valence-electron chi connectivity index (χ0n) is 17.6. The number of carbonyl (C=O) groups excluding carboxylic acids is 2. The van der Waals surface area contributed by atoms with Crippen molar-refractivity contribution < 1.29 is 32.7 Å². The summed E-state index contributed by atoms with van der Waals surface area (Å²) in [5.74, 6) is -2.72. The molecule has 1 saturated heterocycles. The number of alkyl halides is 3. The highest BCUT2D eigenvalue weighted by Crippen LogP contribution is 2.35. The van der Waals surface area contributed by atoms with Gasteiger partial charge in [0.15, 0.2) is 0 Å². The monoisotopic (exact) mass is 492 g/mol. The lowest BCUT2D eigenvalue weighted by Gasteiger charge is -2.37. The summed E-state index contributed by atoms with van der Waals surface area (Å²) in [5.41, 5.74) is 1.53. The third kappa shape index (κ3) is 4.67. The number of amides is 2. The average molecular weight is 492 g/mol. The SMILES string of the molecule is O=C(O)C(F)(F)F.O=C(c1cccs1)N1CC2C(C1)n1cccc1C(=O)N2Cc1ccccn1. The lowest BCUT2D eigenvalue weighted by molar-refractivity contribution is -0.192. The van der Waals surface area contributed by atoms with E-state index in [0.717, 1.165) is 10.6 Å². The van der Waals surface area contributed by atoms with E-state index in [-0.39, 0.29) is 23.9 Å². The molecule has 2 amide bonds. The first kappa shape index (κ1) is 23.5. The highest BCUT2D eigenvalue weighted by Gasteiger charge is 2.46. The van der Waals surface area contributed by atoms with E-state index in [4.69, 9.17) is 9.90 Å². The van der Waals surface area contributed by atoms with Crippen LogP contribution in [0.4, 0.5) is 13.2 Å². The second-order valence-corrected chi connectivity index (χ2v) is 8.63. The molecule has 2 aliphatic heterocycles. The summed E-state index contributed by atoms with van der Waals surface area (Å²) in [7, 11) is 0. The Morgan fingerprint density at radius 1 is 1.09 bits per heavy atom. The van der Waals surface area contributed by atoms with E-state index in [1.54, 1.807) is 6.20 Å². The Hall–Kier alpha value is -3.67. The van der Waals surface area contributed by atoms with Gasteiger partial charge in [-0.1, -0.05) is 12.1 Å². The summed E-state index contributed by atoms with van der Waals surface area (Å²) in [6.45, 7) is 1.60. The first-order valence-electron chi connectivity index (χ1n) is 10.2. The fourth-order valence-corrected chi connectivity index (χ4v) is 4.78. The molecule has 0 spiro atoms. The van der Waals surface area contributed by atoms with Crippen LogP contribution in [0.1, 0.15) is 31.9 Å². The molecule has 0 aromatic carbocycles. The van der Waals surface area contributed by atoms with Gasteiger partial charge in [-0.15, -0.1) is 11.3 Å². The minimum absolute atomic E-state index is 0.00248. The summed E-state index contributed by atoms with van der Waals surface area (Å²) in [5, 5.41) is 9.04. The van der Waals surface area contributed by atoms with Crippen LogP contribution < -0.4 is 0 Å². The number of thiophene rings is 1. The molecular formula is C22H19F3N4O4S. The van der Waals surface area contributed by atoms with Crippen molar-refractivity contribution in [1.29, 1.82) is 0 Å². The van der Waals surface area contributed by atoms with Crippen molar-refractivity contribution in [2.45, 2.75) is 24.8 Å². The van der Waals surface area contributed by atoms with Gasteiger partial charge < -0.3 is 19.5 Å². The summed E-state index contributed by atoms with van der Waals surface area (Å²) in [6, 6.07) is 13.2. The van der Waals surface area contributed by atoms with Crippen LogP contribution in [0.2, 0.25) is 0 Å². The number of hydrogen-bond donors (Lipinski definition) is 1. The number of fused-ring (bicyclic) bond motifs is 3. The van der Waals surface area contributed by atoms with Gasteiger partial charge in [0.25, 0.3) is 11.8 Å². The van der Waals surface area contributed by atoms with Crippen LogP contribution in [0, 0.1) is 0 Å². The number of aliphatic carboxylic acids is 1. The van der Waals surface area contributed by atoms with Gasteiger partial charge in [0.2, 0.25) is 0 Å². The number of nitrogens with zero attached hydrogens (tertiary/aromatic N) is 4. The molecule has 1 N–H and O–H groups in total. The van der Waals surface area contributed by atoms with Crippen molar-refractivity contribution in [3.8, 4) is 0 Å². The van der Waals surface area contributed by atoms with Crippen molar-refractivity contribution in [3.63, 3.8) is 0 Å². The molecule has 5 rings (SSSR count). The number of carboxylic acids is 1. The smallest absolute Gasteiger partial charge is 0.475 e. The topological polar surface area (TPSA) is 95.7 Å². The van der Waals surface area contributed by atoms with E-state index >= 15 is 0 Å². The summed E-state index contributed by atoms with van der Waals surface area (Å²) < 4.78 is 33.8. The third-order valence-electron chi connectivity index (χ3n) is 5.60. The Kier molecular flexibility index (Phi) is 6.42. The Morgan fingerprint density at radius 2 is 1.82 bits per heavy atom. The standard InChI is InChI=1S/C20H18N4O2S.C2HF3O2/c25-19-15-6-3-9-23(15)16-12-22(20(26)18-7-4-10-27-18)13-17(16)24(19)11-14-5-1-2-8-21-14;3-2(4,5)1(6)7/h1-10,16-17H,11-13H2;(H,6,7). The summed E-state index contributed by atoms with van der Waals surface area (Å²) >= 11 is 1.45. The fourth-order valence-electron chi connectivity index (χ4n) is 4.09. The molecule has 2 unspecified atom stereocenters. The van der Waals surface area contributed by atoms with Gasteiger partial charge >= 0.3 is 12.1 Å². The average Bonchev–Trinajstić information content (AvgIpc) is 3.57. The summed E-state index contributed by atoms with van der Waals surface area (Å²) in [6.07, 6.45) is -1.40. The fraction of sp³-hybridized carbons (Fsp3) is 0.273. The molecule has 0 aliphatic carbocycles. The maximum atomic E-state index is 13.1. The molecule has 3 aromatic rings. The molecule has 0 radical (unpaired) electrons. The highest BCUT2D eigenvalue weighted by atomic mass is 32.1. The third-order valence-corrected chi connectivity index (χ3v) is 6.45. The van der Waals surface area contributed by atoms with Gasteiger partial charge in [-0.05, 0) is 35.7 Å². The van der Waals surface area contributed by atoms with Crippen molar-refractivity contribution >= 4 is 29.1 Å². The van der Waals surface area contributed by atoms with Crippen molar-refractivity contribution in [1.82, 2.24) is 19.4 Å². The molecule has 1 fully saturated rings. The van der Waals surface area contributed by atoms with Crippen molar-refractivity contribution in [2.75, 3.05) is 13.1 Å². The van der Waals surface area contributed by atoms with E-state index in [0.29, 0.717) is 25.3 Å². The summed E-state index contributed by atoms with van der Waals surface area (Å²) in [4.78, 5) is 43.7. The number of rotatable bonds is 3. The lowest BCUT2D eigenvalue weighted by atomic mass is 10.1. The number of carbonyl (C=O) groups is 3. The minimum Gasteiger partial charge on any atom is -0.475 e. The molecule has 2 atom stereocenters. The molecule has 8 nitrogen and oxygen atoms in total. The number of likely N-dealkylation sites (tertiary alicyclic amines) is 1. The Bertz CT molecular complexity index is 1180. The van der Waals surface area contributed by atoms with E-state index in [2.05, 4.69) is 4.98 Å². The predicted octanol–water partition coefficient (Wildman–Crippen LogP) is 3.30. The molecule has 12 heteroatoms. The zero-order valence-corrected chi connectivity index (χ0v) is 18.4. The Labute approximate surface area is 195 Å². The van der Waals surface area contributed by atoms with E-state index in [1.165, 1.54) is 11.3 Å². The molecular weight excluding hydrogens is 473 g/mol. The molecule has 178 valence electrons. The molecule has 5 heterocycles. The Balaban J connectivity index is 0.000000344. The van der Waals surface area contributed by atoms with E-state index in [9.17, 15) is 22.8 Å². The van der Waals surface area contributed by atoms with E-state index in [1.807, 2.05) is 68.4 Å². The van der Waals surface area contributed by atoms with Crippen molar-refractivity contribution in [3.05, 3.63) is 76.5 Å². The molecule has 2 aliphatic rings. The number of aromatic nitrogens is 2. The second kappa shape index (κ2) is 9.29. The van der Waals surface area contributed by atoms with Gasteiger partial charge in [-0.25, -0.2) is 4.79 Å². The zero-order chi connectivity index (χ0) is 24.5. The van der Waals surface area contributed by atoms with Gasteiger partial charge in [0.05, 0.1) is 29.2 Å². The maximum absolute atomic E-state index is 13.1. The normalized spacial score (nSPS) is 19.2. The van der Waals surface area contributed by atoms with Crippen LogP contribution in [0.25, 0.3) is 0 Å². The van der Waals surface area contributed by atoms with Gasteiger partial charge in [0.1, 0.15) is 5.69 Å². The van der Waals surface area contributed by atoms with Gasteiger partial charge in [-0.3, -0.25) is 14.6 Å². The van der Waals surface area contributed by atoms with Crippen LogP contribution >= 0.6 is 11.3 Å². The predicted molar refractivity (Wildman–Crippen MR) is 115 cm³/mol. The first-order chi connectivity index (χ1) is 16.2. The van der Waals surface area contributed by atoms with Crippen LogP contribution in [-0.2, 0) is 11.3 Å². The number of halogens is 3. The van der Waals surface area contributed by atoms with Crippen molar-refractivity contribution in [2.24, 2.45) is 0 Å². The largest absolute Gasteiger partial charge is 0.490 e. The number of carboxylic acid groups (broad SMARTS) is 1. The molecule has 34 heavy (non-hydrogen) atoms. The molecule has 0 bridgehead atoms. The number of pyridine rings is 1. The number of hydrogen-bond acceptors (Lipinski definition) is 5. The van der Waals surface area contributed by atoms with Crippen LogP contribution in [0.5, 0.6) is 0 Å². The highest BCUT2D eigenvalue weighted by molar-refractivity contribution is 7.12. The van der Waals surface area contributed by atoms with Crippen LogP contribution in [0.3, 0.4) is 0 Å². The maximum Gasteiger partial charge on any atom is 0.490 e. The van der Waals surface area contributed by atoms with Crippen LogP contribution in [-0.4, -0.2) is 67.5 Å². The van der Waals surface area contributed by atoms with Gasteiger partial charge in [-0.2, -0.15) is 13.2 Å². The minimum atomic E-state index is -5.08. The second-order valence-electron chi connectivity index (χ2n) is 7.68. The molecule has 3 aromatic heterocycles.